The number of methoxy groups -OCH3 is 1. The molecular formula is C27H46O5Si. The fourth-order valence-electron chi connectivity index (χ4n) is 2.86. The van der Waals surface area contributed by atoms with Crippen LogP contribution in [0.2, 0.25) is 18.1 Å². The van der Waals surface area contributed by atoms with Crippen molar-refractivity contribution in [1.29, 1.82) is 0 Å². The second-order valence-corrected chi connectivity index (χ2v) is 14.9. The molecule has 1 aromatic carbocycles. The Kier molecular flexibility index (Phi) is 14.1. The molecule has 0 unspecified atom stereocenters. The van der Waals surface area contributed by atoms with Crippen LogP contribution in [-0.2, 0) is 25.2 Å². The Morgan fingerprint density at radius 2 is 1.73 bits per heavy atom. The largest absolute Gasteiger partial charge is 0.417 e. The van der Waals surface area contributed by atoms with Crippen LogP contribution in [0.15, 0.2) is 54.6 Å². The molecule has 0 spiro atoms. The lowest BCUT2D eigenvalue weighted by Crippen LogP contribution is -2.41. The van der Waals surface area contributed by atoms with Crippen LogP contribution < -0.4 is 0 Å². The Bertz CT molecular complexity index is 682. The first-order valence-corrected chi connectivity index (χ1v) is 14.9. The molecule has 3 atom stereocenters. The van der Waals surface area contributed by atoms with E-state index in [2.05, 4.69) is 46.9 Å². The highest BCUT2D eigenvalue weighted by Gasteiger charge is 2.36. The van der Waals surface area contributed by atoms with Gasteiger partial charge in [-0.05, 0) is 36.5 Å². The summed E-state index contributed by atoms with van der Waals surface area (Å²) < 4.78 is 22.9. The molecule has 0 saturated carbocycles. The molecule has 1 rings (SSSR count). The fourth-order valence-corrected chi connectivity index (χ4v) is 3.95. The monoisotopic (exact) mass is 478 g/mol. The lowest BCUT2D eigenvalue weighted by molar-refractivity contribution is -0.110. The maximum absolute atomic E-state index is 10.2. The van der Waals surface area contributed by atoms with Crippen LogP contribution in [-0.4, -0.2) is 52.7 Å². The summed E-state index contributed by atoms with van der Waals surface area (Å²) in [6.45, 7) is 15.3. The normalized spacial score (nSPS) is 15.9. The van der Waals surface area contributed by atoms with Gasteiger partial charge in [-0.2, -0.15) is 0 Å². The van der Waals surface area contributed by atoms with Crippen molar-refractivity contribution in [2.75, 3.05) is 27.1 Å². The van der Waals surface area contributed by atoms with Crippen LogP contribution in [0.5, 0.6) is 0 Å². The van der Waals surface area contributed by atoms with Crippen molar-refractivity contribution in [3.63, 3.8) is 0 Å². The highest BCUT2D eigenvalue weighted by Crippen LogP contribution is 2.36. The number of benzene rings is 1. The van der Waals surface area contributed by atoms with Gasteiger partial charge in [0, 0.05) is 19.6 Å². The smallest absolute Gasteiger partial charge is 0.191 e. The maximum atomic E-state index is 10.2. The first-order valence-electron chi connectivity index (χ1n) is 12.0. The van der Waals surface area contributed by atoms with Gasteiger partial charge in [-0.15, -0.1) is 0 Å². The van der Waals surface area contributed by atoms with Gasteiger partial charge in [0.1, 0.15) is 6.79 Å². The van der Waals surface area contributed by atoms with Gasteiger partial charge in [0.05, 0.1) is 25.4 Å². The summed E-state index contributed by atoms with van der Waals surface area (Å²) in [4.78, 5) is 0. The van der Waals surface area contributed by atoms with Crippen molar-refractivity contribution in [2.24, 2.45) is 5.92 Å². The highest BCUT2D eigenvalue weighted by molar-refractivity contribution is 6.74. The predicted octanol–water partition coefficient (Wildman–Crippen LogP) is 6.10. The molecule has 0 aliphatic heterocycles. The topological polar surface area (TPSA) is 57.2 Å². The quantitative estimate of drug-likeness (QED) is 0.135. The van der Waals surface area contributed by atoms with Crippen molar-refractivity contribution in [3.8, 4) is 0 Å². The number of aliphatic hydroxyl groups is 1. The van der Waals surface area contributed by atoms with Gasteiger partial charge in [-0.1, -0.05) is 82.3 Å². The van der Waals surface area contributed by atoms with E-state index < -0.39 is 14.4 Å². The number of hydrogen-bond acceptors (Lipinski definition) is 5. The minimum atomic E-state index is -1.71. The van der Waals surface area contributed by atoms with Crippen LogP contribution >= 0.6 is 0 Å². The van der Waals surface area contributed by atoms with E-state index in [-0.39, 0.29) is 23.9 Å². The molecule has 0 saturated heterocycles. The molecule has 0 aromatic heterocycles. The van der Waals surface area contributed by atoms with E-state index in [1.807, 2.05) is 48.6 Å². The summed E-state index contributed by atoms with van der Waals surface area (Å²) in [5.74, 6) is 0.135. The van der Waals surface area contributed by atoms with E-state index in [1.165, 1.54) is 0 Å². The molecule has 0 amide bonds. The minimum Gasteiger partial charge on any atom is -0.417 e. The average Bonchev–Trinajstić information content (AvgIpc) is 2.76. The number of ether oxygens (including phenoxy) is 3. The first kappa shape index (κ1) is 29.7. The fraction of sp³-hybridized carbons (Fsp3) is 0.630. The van der Waals surface area contributed by atoms with Crippen molar-refractivity contribution in [1.82, 2.24) is 0 Å². The second-order valence-electron chi connectivity index (χ2n) is 10.1. The minimum absolute atomic E-state index is 0.115. The third-order valence-electron chi connectivity index (χ3n) is 6.15. The third-order valence-corrected chi connectivity index (χ3v) is 10.7. The third kappa shape index (κ3) is 12.7. The number of hydrogen-bond donors (Lipinski definition) is 1. The Morgan fingerprint density at radius 3 is 2.36 bits per heavy atom. The SMILES string of the molecule is COCO[C@H](COCc1ccccc1)[C@@H](C)/C=C/C=C/[C@@H](O)CCCO[Si](C)(C)C(C)(C)C. The predicted molar refractivity (Wildman–Crippen MR) is 139 cm³/mol. The number of aliphatic hydroxyl groups excluding tert-OH is 1. The molecule has 5 nitrogen and oxygen atoms in total. The lowest BCUT2D eigenvalue weighted by Gasteiger charge is -2.36. The molecule has 0 fully saturated rings. The zero-order chi connectivity index (χ0) is 24.7. The summed E-state index contributed by atoms with van der Waals surface area (Å²) in [6.07, 6.45) is 8.71. The number of allylic oxidation sites excluding steroid dienone is 2. The molecule has 0 aliphatic rings. The zero-order valence-electron chi connectivity index (χ0n) is 21.8. The molecule has 0 radical (unpaired) electrons. The maximum Gasteiger partial charge on any atom is 0.191 e. The standard InChI is InChI=1S/C27H46O5Si/c1-23(26(31-22-29-5)21-30-20-24-15-9-8-10-16-24)14-11-12-17-25(28)18-13-19-32-33(6,7)27(2,3)4/h8-12,14-17,23,25-26,28H,13,18-22H2,1-7H3/b14-11+,17-12+/t23-,25+,26+/m0/s1. The summed E-state index contributed by atoms with van der Waals surface area (Å²) in [5, 5.41) is 10.4. The van der Waals surface area contributed by atoms with E-state index in [1.54, 1.807) is 7.11 Å². The Balaban J connectivity index is 2.39. The summed E-state index contributed by atoms with van der Waals surface area (Å²) in [7, 11) is -0.0974. The Morgan fingerprint density at radius 1 is 1.06 bits per heavy atom. The molecule has 6 heteroatoms. The molecule has 0 heterocycles. The molecule has 33 heavy (non-hydrogen) atoms. The summed E-state index contributed by atoms with van der Waals surface area (Å²) >= 11 is 0. The van der Waals surface area contributed by atoms with Crippen molar-refractivity contribution >= 4 is 8.32 Å². The Labute approximate surface area is 202 Å². The van der Waals surface area contributed by atoms with Crippen LogP contribution in [0.1, 0.15) is 46.1 Å². The van der Waals surface area contributed by atoms with E-state index >= 15 is 0 Å². The van der Waals surface area contributed by atoms with Gasteiger partial charge in [-0.3, -0.25) is 0 Å². The van der Waals surface area contributed by atoms with E-state index in [0.717, 1.165) is 12.0 Å². The molecule has 0 bridgehead atoms. The number of rotatable bonds is 16. The van der Waals surface area contributed by atoms with Gasteiger partial charge >= 0.3 is 0 Å². The Hall–Kier alpha value is -1.28. The molecular weight excluding hydrogens is 432 g/mol. The summed E-state index contributed by atoms with van der Waals surface area (Å²) in [6, 6.07) is 10.1. The molecule has 0 aliphatic carbocycles. The van der Waals surface area contributed by atoms with Gasteiger partial charge in [-0.25, -0.2) is 0 Å². The van der Waals surface area contributed by atoms with Crippen molar-refractivity contribution in [2.45, 2.75) is 77.5 Å². The van der Waals surface area contributed by atoms with Gasteiger partial charge < -0.3 is 23.7 Å². The molecule has 188 valence electrons. The van der Waals surface area contributed by atoms with Crippen LogP contribution in [0.25, 0.3) is 0 Å². The average molecular weight is 479 g/mol. The van der Waals surface area contributed by atoms with Gasteiger partial charge in [0.2, 0.25) is 0 Å². The highest BCUT2D eigenvalue weighted by atomic mass is 28.4. The van der Waals surface area contributed by atoms with E-state index in [0.29, 0.717) is 26.2 Å². The van der Waals surface area contributed by atoms with Crippen LogP contribution in [0.4, 0.5) is 0 Å². The van der Waals surface area contributed by atoms with E-state index in [4.69, 9.17) is 18.6 Å². The molecule has 1 aromatic rings. The van der Waals surface area contributed by atoms with Crippen LogP contribution in [0.3, 0.4) is 0 Å². The zero-order valence-corrected chi connectivity index (χ0v) is 22.8. The van der Waals surface area contributed by atoms with E-state index in [9.17, 15) is 5.11 Å². The lowest BCUT2D eigenvalue weighted by atomic mass is 10.0. The van der Waals surface area contributed by atoms with Gasteiger partial charge in [0.25, 0.3) is 0 Å². The van der Waals surface area contributed by atoms with Crippen molar-refractivity contribution < 1.29 is 23.7 Å². The first-order chi connectivity index (χ1) is 15.6. The molecule has 1 N–H and O–H groups in total. The van der Waals surface area contributed by atoms with Crippen LogP contribution in [0, 0.1) is 5.92 Å². The van der Waals surface area contributed by atoms with Crippen molar-refractivity contribution in [3.05, 3.63) is 60.2 Å². The van der Waals surface area contributed by atoms with Gasteiger partial charge in [0.15, 0.2) is 8.32 Å². The summed E-state index contributed by atoms with van der Waals surface area (Å²) in [5.41, 5.74) is 1.14. The second kappa shape index (κ2) is 15.6.